The van der Waals surface area contributed by atoms with E-state index in [0.29, 0.717) is 0 Å². The normalized spacial score (nSPS) is 9.73. The van der Waals surface area contributed by atoms with E-state index in [0.717, 1.165) is 20.6 Å². The molecule has 0 saturated heterocycles. The molecule has 0 radical (unpaired) electrons. The zero-order valence-electron chi connectivity index (χ0n) is 6.20. The number of hydrogen-bond donors (Lipinski definition) is 0. The molecule has 0 atom stereocenters. The third-order valence-corrected chi connectivity index (χ3v) is 2.63. The lowest BCUT2D eigenvalue weighted by Gasteiger charge is -2.00. The number of halogens is 2. The van der Waals surface area contributed by atoms with E-state index in [1.165, 1.54) is 0 Å². The maximum atomic E-state index is 5.81. The summed E-state index contributed by atoms with van der Waals surface area (Å²) in [6.07, 6.45) is 0. The molecule has 0 fully saturated rings. The van der Waals surface area contributed by atoms with Crippen LogP contribution in [0.15, 0.2) is 29.3 Å². The summed E-state index contributed by atoms with van der Waals surface area (Å²) in [5, 5.41) is 0.731. The second-order valence-corrected chi connectivity index (χ2v) is 3.67. The van der Waals surface area contributed by atoms with Gasteiger partial charge in [-0.15, -0.1) is 0 Å². The first-order valence-electron chi connectivity index (χ1n) is 3.22. The lowest BCUT2D eigenvalue weighted by Crippen LogP contribution is -1.77. The van der Waals surface area contributed by atoms with Crippen molar-refractivity contribution in [1.82, 2.24) is 0 Å². The predicted octanol–water partition coefficient (Wildman–Crippen LogP) is 4.14. The topological polar surface area (TPSA) is 0 Å². The fraction of sp³-hybridized carbons (Fsp3) is 0.111. The molecule has 0 aromatic heterocycles. The average Bonchev–Trinajstić information content (AvgIpc) is 1.94. The average molecular weight is 232 g/mol. The standard InChI is InChI=1S/C9H8BrCl/c1-6(2)7-3-4-9(11)8(10)5-7/h3-5H,1H2,2H3. The van der Waals surface area contributed by atoms with Crippen LogP contribution in [0.2, 0.25) is 5.02 Å². The van der Waals surface area contributed by atoms with Crippen molar-refractivity contribution in [3.05, 3.63) is 39.8 Å². The van der Waals surface area contributed by atoms with Crippen molar-refractivity contribution < 1.29 is 0 Å². The van der Waals surface area contributed by atoms with Gasteiger partial charge in [-0.05, 0) is 40.5 Å². The minimum atomic E-state index is 0.731. The molecule has 0 heterocycles. The smallest absolute Gasteiger partial charge is 0.0548 e. The molecule has 11 heavy (non-hydrogen) atoms. The minimum absolute atomic E-state index is 0.731. The summed E-state index contributed by atoms with van der Waals surface area (Å²) >= 11 is 9.15. The van der Waals surface area contributed by atoms with E-state index >= 15 is 0 Å². The molecular weight excluding hydrogens is 223 g/mol. The van der Waals surface area contributed by atoms with Gasteiger partial charge in [0.25, 0.3) is 0 Å². The quantitative estimate of drug-likeness (QED) is 0.681. The fourth-order valence-electron chi connectivity index (χ4n) is 0.762. The summed E-state index contributed by atoms with van der Waals surface area (Å²) < 4.78 is 0.916. The Morgan fingerprint density at radius 3 is 2.64 bits per heavy atom. The Bertz CT molecular complexity index is 292. The molecule has 0 aliphatic rings. The van der Waals surface area contributed by atoms with Gasteiger partial charge in [0.05, 0.1) is 5.02 Å². The molecule has 0 N–H and O–H groups in total. The molecule has 0 amide bonds. The number of hydrogen-bond acceptors (Lipinski definition) is 0. The van der Waals surface area contributed by atoms with Crippen LogP contribution in [0.4, 0.5) is 0 Å². The largest absolute Gasteiger partial charge is 0.0955 e. The highest BCUT2D eigenvalue weighted by atomic mass is 79.9. The van der Waals surface area contributed by atoms with Gasteiger partial charge in [0.1, 0.15) is 0 Å². The van der Waals surface area contributed by atoms with Crippen molar-refractivity contribution >= 4 is 33.1 Å². The van der Waals surface area contributed by atoms with E-state index in [-0.39, 0.29) is 0 Å². The lowest BCUT2D eigenvalue weighted by molar-refractivity contribution is 1.55. The Hall–Kier alpha value is -0.270. The molecule has 1 rings (SSSR count). The Kier molecular flexibility index (Phi) is 2.74. The molecular formula is C9H8BrCl. The molecule has 1 aromatic rings. The van der Waals surface area contributed by atoms with Gasteiger partial charge < -0.3 is 0 Å². The Balaban J connectivity index is 3.15. The van der Waals surface area contributed by atoms with Crippen LogP contribution in [0.25, 0.3) is 5.57 Å². The van der Waals surface area contributed by atoms with E-state index in [4.69, 9.17) is 11.6 Å². The molecule has 2 heteroatoms. The molecule has 0 unspecified atom stereocenters. The van der Waals surface area contributed by atoms with E-state index < -0.39 is 0 Å². The third kappa shape index (κ3) is 2.08. The van der Waals surface area contributed by atoms with Crippen LogP contribution in [0.5, 0.6) is 0 Å². The highest BCUT2D eigenvalue weighted by Gasteiger charge is 1.98. The van der Waals surface area contributed by atoms with Gasteiger partial charge >= 0.3 is 0 Å². The third-order valence-electron chi connectivity index (χ3n) is 1.41. The lowest BCUT2D eigenvalue weighted by atomic mass is 10.1. The Morgan fingerprint density at radius 1 is 1.55 bits per heavy atom. The monoisotopic (exact) mass is 230 g/mol. The van der Waals surface area contributed by atoms with Crippen molar-refractivity contribution in [1.29, 1.82) is 0 Å². The maximum Gasteiger partial charge on any atom is 0.0548 e. The summed E-state index contributed by atoms with van der Waals surface area (Å²) in [6.45, 7) is 5.80. The zero-order chi connectivity index (χ0) is 8.43. The summed E-state index contributed by atoms with van der Waals surface area (Å²) in [7, 11) is 0. The molecule has 0 aliphatic heterocycles. The fourth-order valence-corrected chi connectivity index (χ4v) is 1.26. The molecule has 0 bridgehead atoms. The second kappa shape index (κ2) is 3.42. The van der Waals surface area contributed by atoms with Crippen molar-refractivity contribution in [2.45, 2.75) is 6.92 Å². The predicted molar refractivity (Wildman–Crippen MR) is 53.9 cm³/mol. The second-order valence-electron chi connectivity index (χ2n) is 2.41. The first-order chi connectivity index (χ1) is 5.11. The van der Waals surface area contributed by atoms with Crippen molar-refractivity contribution in [2.75, 3.05) is 0 Å². The van der Waals surface area contributed by atoms with Gasteiger partial charge in [0.15, 0.2) is 0 Å². The van der Waals surface area contributed by atoms with Crippen LogP contribution in [-0.4, -0.2) is 0 Å². The maximum absolute atomic E-state index is 5.81. The number of allylic oxidation sites excluding steroid dienone is 1. The van der Waals surface area contributed by atoms with Gasteiger partial charge in [0.2, 0.25) is 0 Å². The van der Waals surface area contributed by atoms with E-state index in [2.05, 4.69) is 22.5 Å². The summed E-state index contributed by atoms with van der Waals surface area (Å²) in [6, 6.07) is 5.77. The Labute approximate surface area is 80.0 Å². The molecule has 0 aliphatic carbocycles. The molecule has 58 valence electrons. The summed E-state index contributed by atoms with van der Waals surface area (Å²) in [4.78, 5) is 0. The number of benzene rings is 1. The van der Waals surface area contributed by atoms with Gasteiger partial charge in [-0.2, -0.15) is 0 Å². The van der Waals surface area contributed by atoms with Gasteiger partial charge in [-0.25, -0.2) is 0 Å². The van der Waals surface area contributed by atoms with Crippen molar-refractivity contribution in [3.63, 3.8) is 0 Å². The van der Waals surface area contributed by atoms with Crippen LogP contribution in [0.3, 0.4) is 0 Å². The van der Waals surface area contributed by atoms with E-state index in [1.54, 1.807) is 0 Å². The summed E-state index contributed by atoms with van der Waals surface area (Å²) in [5.74, 6) is 0. The van der Waals surface area contributed by atoms with E-state index in [9.17, 15) is 0 Å². The van der Waals surface area contributed by atoms with Crippen LogP contribution in [0, 0.1) is 0 Å². The molecule has 1 aromatic carbocycles. The molecule has 0 spiro atoms. The van der Waals surface area contributed by atoms with Crippen LogP contribution in [0.1, 0.15) is 12.5 Å². The zero-order valence-corrected chi connectivity index (χ0v) is 8.54. The van der Waals surface area contributed by atoms with Crippen LogP contribution >= 0.6 is 27.5 Å². The minimum Gasteiger partial charge on any atom is -0.0955 e. The Morgan fingerprint density at radius 2 is 2.18 bits per heavy atom. The van der Waals surface area contributed by atoms with Gasteiger partial charge in [-0.1, -0.05) is 29.8 Å². The van der Waals surface area contributed by atoms with E-state index in [1.807, 2.05) is 25.1 Å². The highest BCUT2D eigenvalue weighted by molar-refractivity contribution is 9.10. The first kappa shape index (κ1) is 8.82. The molecule has 0 saturated carbocycles. The summed E-state index contributed by atoms with van der Waals surface area (Å²) in [5.41, 5.74) is 2.16. The molecule has 0 nitrogen and oxygen atoms in total. The van der Waals surface area contributed by atoms with Crippen molar-refractivity contribution in [2.24, 2.45) is 0 Å². The van der Waals surface area contributed by atoms with Crippen molar-refractivity contribution in [3.8, 4) is 0 Å². The van der Waals surface area contributed by atoms with Gasteiger partial charge in [-0.3, -0.25) is 0 Å². The first-order valence-corrected chi connectivity index (χ1v) is 4.39. The number of rotatable bonds is 1. The van der Waals surface area contributed by atoms with Crippen LogP contribution < -0.4 is 0 Å². The highest BCUT2D eigenvalue weighted by Crippen LogP contribution is 2.25. The SMILES string of the molecule is C=C(C)c1ccc(Cl)c(Br)c1. The van der Waals surface area contributed by atoms with Crippen LogP contribution in [-0.2, 0) is 0 Å². The van der Waals surface area contributed by atoms with Gasteiger partial charge in [0, 0.05) is 4.47 Å².